The van der Waals surface area contributed by atoms with Gasteiger partial charge in [-0.25, -0.2) is 8.42 Å². The monoisotopic (exact) mass is 366 g/mol. The highest BCUT2D eigenvalue weighted by molar-refractivity contribution is 7.89. The van der Waals surface area contributed by atoms with Gasteiger partial charge in [0.2, 0.25) is 5.43 Å². The van der Waals surface area contributed by atoms with Crippen LogP contribution in [0.5, 0.6) is 0 Å². The molecule has 0 bridgehead atoms. The molecule has 0 amide bonds. The predicted molar refractivity (Wildman–Crippen MR) is 82.7 cm³/mol. The van der Waals surface area contributed by atoms with Crippen molar-refractivity contribution in [2.45, 2.75) is 11.5 Å². The standard InChI is InChI=1S/C12H9Cl3N2O3S/c13-8-3-1-2-7(12(8)15)5-21(19,20)6-9-10(18)4-11(14)17-16-9/h1-4H,5-6H2,(H,17,18). The van der Waals surface area contributed by atoms with Gasteiger partial charge in [0, 0.05) is 6.07 Å². The molecular formula is C12H9Cl3N2O3S. The Kier molecular flexibility index (Phi) is 4.93. The topological polar surface area (TPSA) is 79.9 Å². The van der Waals surface area contributed by atoms with E-state index in [1.54, 1.807) is 18.2 Å². The summed E-state index contributed by atoms with van der Waals surface area (Å²) in [4.78, 5) is 11.6. The molecule has 1 heterocycles. The number of hydrogen-bond acceptors (Lipinski definition) is 4. The van der Waals surface area contributed by atoms with Crippen molar-refractivity contribution in [1.82, 2.24) is 10.2 Å². The van der Waals surface area contributed by atoms with Crippen molar-refractivity contribution >= 4 is 44.6 Å². The molecule has 0 unspecified atom stereocenters. The number of hydrogen-bond donors (Lipinski definition) is 1. The fraction of sp³-hybridized carbons (Fsp3) is 0.167. The Balaban J connectivity index is 2.27. The van der Waals surface area contributed by atoms with E-state index in [1.807, 2.05) is 0 Å². The zero-order chi connectivity index (χ0) is 15.6. The molecule has 0 fully saturated rings. The SMILES string of the molecule is O=c1cc(Cl)[nH]nc1CS(=O)(=O)Cc1cccc(Cl)c1Cl. The normalized spacial score (nSPS) is 11.6. The summed E-state index contributed by atoms with van der Waals surface area (Å²) in [6.45, 7) is 0. The number of halogens is 3. The summed E-state index contributed by atoms with van der Waals surface area (Å²) in [7, 11) is -3.63. The van der Waals surface area contributed by atoms with Gasteiger partial charge in [-0.15, -0.1) is 0 Å². The Hall–Kier alpha value is -1.08. The van der Waals surface area contributed by atoms with Crippen molar-refractivity contribution in [3.63, 3.8) is 0 Å². The fourth-order valence-electron chi connectivity index (χ4n) is 1.67. The van der Waals surface area contributed by atoms with Gasteiger partial charge in [0.15, 0.2) is 9.84 Å². The summed E-state index contributed by atoms with van der Waals surface area (Å²) in [6.07, 6.45) is 0. The lowest BCUT2D eigenvalue weighted by Crippen LogP contribution is -2.18. The second-order valence-corrected chi connectivity index (χ2v) is 7.53. The average Bonchev–Trinajstić information content (AvgIpc) is 2.38. The predicted octanol–water partition coefficient (Wildman–Crippen LogP) is 2.85. The van der Waals surface area contributed by atoms with Crippen LogP contribution in [0, 0.1) is 0 Å². The summed E-state index contributed by atoms with van der Waals surface area (Å²) in [5.41, 5.74) is -0.299. The Morgan fingerprint density at radius 1 is 1.14 bits per heavy atom. The van der Waals surface area contributed by atoms with Gasteiger partial charge in [-0.3, -0.25) is 9.89 Å². The van der Waals surface area contributed by atoms with Crippen LogP contribution in [0.2, 0.25) is 15.2 Å². The quantitative estimate of drug-likeness (QED) is 0.901. The minimum atomic E-state index is -3.63. The lowest BCUT2D eigenvalue weighted by Gasteiger charge is -2.07. The van der Waals surface area contributed by atoms with Crippen molar-refractivity contribution in [2.24, 2.45) is 0 Å². The molecule has 0 atom stereocenters. The zero-order valence-corrected chi connectivity index (χ0v) is 13.5. The van der Waals surface area contributed by atoms with Crippen molar-refractivity contribution in [2.75, 3.05) is 0 Å². The molecule has 2 rings (SSSR count). The van der Waals surface area contributed by atoms with Crippen molar-refractivity contribution in [3.05, 3.63) is 60.9 Å². The molecule has 2 aromatic rings. The maximum absolute atomic E-state index is 12.1. The number of aromatic nitrogens is 2. The molecule has 21 heavy (non-hydrogen) atoms. The third kappa shape index (κ3) is 4.20. The smallest absolute Gasteiger partial charge is 0.205 e. The van der Waals surface area contributed by atoms with Gasteiger partial charge in [0.1, 0.15) is 10.8 Å². The van der Waals surface area contributed by atoms with Gasteiger partial charge >= 0.3 is 0 Å². The molecule has 0 saturated heterocycles. The van der Waals surface area contributed by atoms with Gasteiger partial charge in [0.05, 0.1) is 21.6 Å². The van der Waals surface area contributed by atoms with E-state index in [9.17, 15) is 13.2 Å². The van der Waals surface area contributed by atoms with Crippen molar-refractivity contribution in [3.8, 4) is 0 Å². The summed E-state index contributed by atoms with van der Waals surface area (Å²) in [6, 6.07) is 5.80. The first-order valence-corrected chi connectivity index (χ1v) is 8.61. The zero-order valence-electron chi connectivity index (χ0n) is 10.4. The summed E-state index contributed by atoms with van der Waals surface area (Å²) in [5, 5.41) is 6.48. The van der Waals surface area contributed by atoms with Crippen LogP contribution in [-0.2, 0) is 21.3 Å². The van der Waals surface area contributed by atoms with Gasteiger partial charge in [-0.2, -0.15) is 5.10 Å². The minimum Gasteiger partial charge on any atom is -0.288 e. The number of nitrogens with zero attached hydrogens (tertiary/aromatic N) is 1. The molecule has 0 spiro atoms. The third-order valence-electron chi connectivity index (χ3n) is 2.60. The van der Waals surface area contributed by atoms with Crippen molar-refractivity contribution < 1.29 is 8.42 Å². The summed E-state index contributed by atoms with van der Waals surface area (Å²) < 4.78 is 24.3. The van der Waals surface area contributed by atoms with Crippen LogP contribution >= 0.6 is 34.8 Å². The number of benzene rings is 1. The molecule has 9 heteroatoms. The average molecular weight is 368 g/mol. The first kappa shape index (κ1) is 16.3. The number of aromatic amines is 1. The number of nitrogens with one attached hydrogen (secondary N) is 1. The van der Waals surface area contributed by atoms with E-state index < -0.39 is 21.0 Å². The molecule has 0 radical (unpaired) electrons. The first-order chi connectivity index (χ1) is 9.78. The highest BCUT2D eigenvalue weighted by Gasteiger charge is 2.19. The first-order valence-electron chi connectivity index (χ1n) is 5.66. The Morgan fingerprint density at radius 2 is 1.86 bits per heavy atom. The minimum absolute atomic E-state index is 0.0408. The van der Waals surface area contributed by atoms with Gasteiger partial charge in [0.25, 0.3) is 0 Å². The highest BCUT2D eigenvalue weighted by atomic mass is 35.5. The van der Waals surface area contributed by atoms with Crippen LogP contribution in [0.25, 0.3) is 0 Å². The lowest BCUT2D eigenvalue weighted by molar-refractivity contribution is 0.593. The van der Waals surface area contributed by atoms with E-state index in [0.717, 1.165) is 6.07 Å². The molecule has 0 aliphatic rings. The van der Waals surface area contributed by atoms with E-state index in [2.05, 4.69) is 10.2 Å². The molecule has 5 nitrogen and oxygen atoms in total. The molecule has 0 aliphatic carbocycles. The Labute approximate surface area is 135 Å². The summed E-state index contributed by atoms with van der Waals surface area (Å²) in [5.74, 6) is -0.849. The third-order valence-corrected chi connectivity index (χ3v) is 5.12. The van der Waals surface area contributed by atoms with E-state index in [4.69, 9.17) is 34.8 Å². The van der Waals surface area contributed by atoms with Crippen molar-refractivity contribution in [1.29, 1.82) is 0 Å². The van der Waals surface area contributed by atoms with E-state index in [1.165, 1.54) is 0 Å². The second-order valence-electron chi connectivity index (χ2n) is 4.27. The van der Waals surface area contributed by atoms with Crippen LogP contribution < -0.4 is 5.43 Å². The maximum Gasteiger partial charge on any atom is 0.205 e. The fourth-order valence-corrected chi connectivity index (χ4v) is 3.71. The van der Waals surface area contributed by atoms with Crippen LogP contribution in [-0.4, -0.2) is 18.6 Å². The molecule has 1 aromatic heterocycles. The van der Waals surface area contributed by atoms with E-state index in [-0.39, 0.29) is 26.6 Å². The second kappa shape index (κ2) is 6.36. The Morgan fingerprint density at radius 3 is 2.52 bits per heavy atom. The highest BCUT2D eigenvalue weighted by Crippen LogP contribution is 2.27. The van der Waals surface area contributed by atoms with Gasteiger partial charge < -0.3 is 0 Å². The molecule has 0 saturated carbocycles. The largest absolute Gasteiger partial charge is 0.288 e. The lowest BCUT2D eigenvalue weighted by atomic mass is 10.2. The summed E-state index contributed by atoms with van der Waals surface area (Å²) >= 11 is 17.4. The number of sulfone groups is 1. The molecular weight excluding hydrogens is 359 g/mol. The van der Waals surface area contributed by atoms with E-state index >= 15 is 0 Å². The van der Waals surface area contributed by atoms with Gasteiger partial charge in [-0.05, 0) is 11.6 Å². The molecule has 112 valence electrons. The van der Waals surface area contributed by atoms with E-state index in [0.29, 0.717) is 5.56 Å². The Bertz CT molecular complexity index is 834. The molecule has 0 aliphatic heterocycles. The number of rotatable bonds is 4. The molecule has 1 N–H and O–H groups in total. The van der Waals surface area contributed by atoms with Gasteiger partial charge in [-0.1, -0.05) is 46.9 Å². The van der Waals surface area contributed by atoms with Crippen LogP contribution in [0.3, 0.4) is 0 Å². The van der Waals surface area contributed by atoms with Crippen LogP contribution in [0.1, 0.15) is 11.3 Å². The number of H-pyrrole nitrogens is 1. The molecule has 1 aromatic carbocycles. The van der Waals surface area contributed by atoms with Crippen LogP contribution in [0.15, 0.2) is 29.1 Å². The van der Waals surface area contributed by atoms with Crippen LogP contribution in [0.4, 0.5) is 0 Å². The maximum atomic E-state index is 12.1.